The third kappa shape index (κ3) is 4.53. The number of aryl methyl sites for hydroxylation is 2. The Bertz CT molecular complexity index is 1120. The van der Waals surface area contributed by atoms with Crippen molar-refractivity contribution in [3.63, 3.8) is 0 Å². The van der Waals surface area contributed by atoms with Crippen molar-refractivity contribution in [2.45, 2.75) is 77.6 Å². The number of urea groups is 1. The first-order chi connectivity index (χ1) is 15.7. The molecule has 1 aliphatic carbocycles. The second-order valence-electron chi connectivity index (χ2n) is 10.6. The lowest BCUT2D eigenvalue weighted by Crippen LogP contribution is -2.41. The fraction of sp³-hybridized carbons (Fsp3) is 0.483. The fourth-order valence-electron chi connectivity index (χ4n) is 5.62. The van der Waals surface area contributed by atoms with Gasteiger partial charge in [0.1, 0.15) is 0 Å². The number of nitrogens with zero attached hydrogens (tertiary/aromatic N) is 1. The van der Waals surface area contributed by atoms with Crippen LogP contribution in [0.2, 0.25) is 0 Å². The lowest BCUT2D eigenvalue weighted by molar-refractivity contribution is 0.248. The molecule has 0 atom stereocenters. The van der Waals surface area contributed by atoms with Crippen LogP contribution in [0.25, 0.3) is 10.9 Å². The van der Waals surface area contributed by atoms with Gasteiger partial charge < -0.3 is 15.2 Å². The summed E-state index contributed by atoms with van der Waals surface area (Å²) in [7, 11) is 2.13. The molecule has 0 radical (unpaired) electrons. The Morgan fingerprint density at radius 3 is 2.27 bits per heavy atom. The number of rotatable bonds is 6. The van der Waals surface area contributed by atoms with Gasteiger partial charge in [0.05, 0.1) is 0 Å². The maximum absolute atomic E-state index is 13.2. The third-order valence-corrected chi connectivity index (χ3v) is 7.48. The normalized spacial score (nSPS) is 15.5. The molecule has 1 aliphatic rings. The lowest BCUT2D eigenvalue weighted by atomic mass is 9.78. The van der Waals surface area contributed by atoms with E-state index in [0.717, 1.165) is 18.5 Å². The first-order valence-corrected chi connectivity index (χ1v) is 12.5. The number of para-hydroxylation sites is 1. The van der Waals surface area contributed by atoms with Crippen molar-refractivity contribution >= 4 is 22.6 Å². The van der Waals surface area contributed by atoms with Crippen molar-refractivity contribution in [3.8, 4) is 0 Å². The predicted molar refractivity (Wildman–Crippen MR) is 139 cm³/mol. The average molecular weight is 446 g/mol. The molecule has 1 aromatic heterocycles. The number of benzene rings is 2. The zero-order chi connectivity index (χ0) is 23.8. The molecule has 4 rings (SSSR count). The van der Waals surface area contributed by atoms with Crippen LogP contribution in [0.15, 0.2) is 42.6 Å². The van der Waals surface area contributed by atoms with E-state index in [1.54, 1.807) is 0 Å². The second kappa shape index (κ2) is 9.24. The maximum atomic E-state index is 13.2. The number of aromatic nitrogens is 1. The Kier molecular flexibility index (Phi) is 6.56. The molecule has 33 heavy (non-hydrogen) atoms. The minimum absolute atomic E-state index is 0.0108. The second-order valence-corrected chi connectivity index (χ2v) is 10.6. The largest absolute Gasteiger partial charge is 0.350 e. The number of fused-ring (bicyclic) bond motifs is 1. The maximum Gasteiger partial charge on any atom is 0.319 e. The van der Waals surface area contributed by atoms with Gasteiger partial charge >= 0.3 is 6.03 Å². The van der Waals surface area contributed by atoms with Crippen molar-refractivity contribution in [3.05, 3.63) is 64.8 Å². The van der Waals surface area contributed by atoms with Crippen LogP contribution in [0.4, 0.5) is 10.5 Å². The van der Waals surface area contributed by atoms with E-state index in [1.165, 1.54) is 46.0 Å². The van der Waals surface area contributed by atoms with Crippen LogP contribution >= 0.6 is 0 Å². The summed E-state index contributed by atoms with van der Waals surface area (Å²) >= 11 is 0. The summed E-state index contributed by atoms with van der Waals surface area (Å²) in [6, 6.07) is 13.0. The van der Waals surface area contributed by atoms with E-state index < -0.39 is 0 Å². The quantitative estimate of drug-likeness (QED) is 0.409. The number of carbonyl (C=O) groups excluding carboxylic acids is 1. The van der Waals surface area contributed by atoms with Crippen molar-refractivity contribution in [2.75, 3.05) is 11.9 Å². The number of hydrogen-bond acceptors (Lipinski definition) is 1. The van der Waals surface area contributed by atoms with Crippen LogP contribution in [-0.2, 0) is 12.5 Å². The molecule has 0 saturated heterocycles. The van der Waals surface area contributed by atoms with Gasteiger partial charge in [0.15, 0.2) is 0 Å². The van der Waals surface area contributed by atoms with Gasteiger partial charge in [-0.2, -0.15) is 0 Å². The highest BCUT2D eigenvalue weighted by Crippen LogP contribution is 2.44. The molecular weight excluding hydrogens is 406 g/mol. The first kappa shape index (κ1) is 23.4. The SMILES string of the molecule is Cc1ccc2c(c1)c(C1(CNC(=O)Nc3c(C(C)C)cccc3C(C)C)CCCC1)cn2C. The van der Waals surface area contributed by atoms with Gasteiger partial charge in [-0.1, -0.05) is 70.4 Å². The molecule has 1 saturated carbocycles. The van der Waals surface area contributed by atoms with Crippen molar-refractivity contribution < 1.29 is 4.79 Å². The highest BCUT2D eigenvalue weighted by atomic mass is 16.2. The van der Waals surface area contributed by atoms with E-state index in [9.17, 15) is 4.79 Å². The summed E-state index contributed by atoms with van der Waals surface area (Å²) in [5.74, 6) is 0.693. The smallest absolute Gasteiger partial charge is 0.319 e. The molecule has 0 unspecified atom stereocenters. The molecule has 176 valence electrons. The zero-order valence-electron chi connectivity index (χ0n) is 21.1. The van der Waals surface area contributed by atoms with Crippen molar-refractivity contribution in [2.24, 2.45) is 7.05 Å². The first-order valence-electron chi connectivity index (χ1n) is 12.5. The number of amides is 2. The summed E-state index contributed by atoms with van der Waals surface area (Å²) in [5, 5.41) is 7.83. The molecule has 3 aromatic rings. The topological polar surface area (TPSA) is 46.1 Å². The minimum Gasteiger partial charge on any atom is -0.350 e. The monoisotopic (exact) mass is 445 g/mol. The molecule has 2 aromatic carbocycles. The van der Waals surface area contributed by atoms with Crippen molar-refractivity contribution in [1.82, 2.24) is 9.88 Å². The van der Waals surface area contributed by atoms with E-state index in [1.807, 2.05) is 0 Å². The average Bonchev–Trinajstić information content (AvgIpc) is 3.37. The Hall–Kier alpha value is -2.75. The predicted octanol–water partition coefficient (Wildman–Crippen LogP) is 7.37. The van der Waals surface area contributed by atoms with E-state index >= 15 is 0 Å². The molecule has 0 aliphatic heterocycles. The summed E-state index contributed by atoms with van der Waals surface area (Å²) in [6.45, 7) is 11.5. The van der Waals surface area contributed by atoms with Gasteiger partial charge in [-0.25, -0.2) is 4.79 Å². The van der Waals surface area contributed by atoms with Crippen LogP contribution in [0.3, 0.4) is 0 Å². The van der Waals surface area contributed by atoms with E-state index in [2.05, 4.69) is 99.5 Å². The van der Waals surface area contributed by atoms with E-state index in [4.69, 9.17) is 0 Å². The zero-order valence-corrected chi connectivity index (χ0v) is 21.1. The molecule has 4 nitrogen and oxygen atoms in total. The van der Waals surface area contributed by atoms with Gasteiger partial charge in [0.25, 0.3) is 0 Å². The Balaban J connectivity index is 1.60. The van der Waals surface area contributed by atoms with Gasteiger partial charge in [-0.05, 0) is 60.4 Å². The van der Waals surface area contributed by atoms with Gasteiger partial charge in [-0.15, -0.1) is 0 Å². The number of nitrogens with one attached hydrogen (secondary N) is 2. The fourth-order valence-corrected chi connectivity index (χ4v) is 5.62. The van der Waals surface area contributed by atoms with Gasteiger partial charge in [0, 0.05) is 41.8 Å². The van der Waals surface area contributed by atoms with Crippen LogP contribution in [-0.4, -0.2) is 17.1 Å². The molecule has 0 spiro atoms. The Morgan fingerprint density at radius 2 is 1.67 bits per heavy atom. The van der Waals surface area contributed by atoms with Gasteiger partial charge in [-0.3, -0.25) is 0 Å². The molecule has 2 amide bonds. The van der Waals surface area contributed by atoms with Crippen LogP contribution in [0.1, 0.15) is 87.5 Å². The number of hydrogen-bond donors (Lipinski definition) is 2. The van der Waals surface area contributed by atoms with E-state index in [-0.39, 0.29) is 11.4 Å². The summed E-state index contributed by atoms with van der Waals surface area (Å²) in [5.41, 5.74) is 7.27. The molecule has 4 heteroatoms. The lowest BCUT2D eigenvalue weighted by Gasteiger charge is -2.30. The minimum atomic E-state index is -0.104. The third-order valence-electron chi connectivity index (χ3n) is 7.48. The highest BCUT2D eigenvalue weighted by Gasteiger charge is 2.38. The summed E-state index contributed by atoms with van der Waals surface area (Å²) in [6.07, 6.45) is 6.93. The highest BCUT2D eigenvalue weighted by molar-refractivity contribution is 5.92. The van der Waals surface area contributed by atoms with Gasteiger partial charge in [0.2, 0.25) is 0 Å². The Morgan fingerprint density at radius 1 is 1.03 bits per heavy atom. The molecule has 0 bridgehead atoms. The summed E-state index contributed by atoms with van der Waals surface area (Å²) < 4.78 is 2.23. The molecule has 2 N–H and O–H groups in total. The van der Waals surface area contributed by atoms with Crippen molar-refractivity contribution in [1.29, 1.82) is 0 Å². The van der Waals surface area contributed by atoms with Crippen LogP contribution in [0.5, 0.6) is 0 Å². The van der Waals surface area contributed by atoms with Crippen LogP contribution in [0, 0.1) is 6.92 Å². The van der Waals surface area contributed by atoms with Crippen LogP contribution < -0.4 is 10.6 Å². The standard InChI is InChI=1S/C29H39N3O/c1-19(2)22-10-9-11-23(20(3)4)27(22)31-28(33)30-18-29(14-7-8-15-29)25-17-32(6)26-13-12-21(5)16-24(25)26/h9-13,16-17,19-20H,7-8,14-15,18H2,1-6H3,(H2,30,31,33). The number of anilines is 1. The Labute approximate surface area is 198 Å². The summed E-state index contributed by atoms with van der Waals surface area (Å²) in [4.78, 5) is 13.2. The molecule has 1 heterocycles. The van der Waals surface area contributed by atoms with E-state index in [0.29, 0.717) is 18.4 Å². The number of carbonyl (C=O) groups is 1. The molecular formula is C29H39N3O. The molecule has 1 fully saturated rings.